The normalized spacial score (nSPS) is 10.4. The predicted molar refractivity (Wildman–Crippen MR) is 66.8 cm³/mol. The van der Waals surface area contributed by atoms with Crippen molar-refractivity contribution in [3.8, 4) is 0 Å². The number of hydrogen-bond acceptors (Lipinski definition) is 3. The molecule has 0 aliphatic carbocycles. The van der Waals surface area contributed by atoms with Crippen LogP contribution in [0.4, 0.5) is 0 Å². The van der Waals surface area contributed by atoms with Crippen LogP contribution in [0.1, 0.15) is 30.1 Å². The van der Waals surface area contributed by atoms with Gasteiger partial charge in [-0.3, -0.25) is 14.8 Å². The van der Waals surface area contributed by atoms with Crippen molar-refractivity contribution in [3.05, 3.63) is 36.2 Å². The van der Waals surface area contributed by atoms with Gasteiger partial charge in [0, 0.05) is 24.5 Å². The van der Waals surface area contributed by atoms with E-state index in [9.17, 15) is 4.79 Å². The molecule has 1 amide bonds. The standard InChI is InChI=1S/C13H15N3O/c1-2-3-6-16-13(17)10-4-5-11-12(9-10)15-8-7-14-11/h4-5,7-9H,2-3,6H2,1H3,(H,16,17). The minimum atomic E-state index is -0.0500. The van der Waals surface area contributed by atoms with Crippen LogP contribution in [0.3, 0.4) is 0 Å². The van der Waals surface area contributed by atoms with Crippen LogP contribution in [-0.4, -0.2) is 22.4 Å². The van der Waals surface area contributed by atoms with E-state index in [0.29, 0.717) is 12.1 Å². The predicted octanol–water partition coefficient (Wildman–Crippen LogP) is 2.16. The summed E-state index contributed by atoms with van der Waals surface area (Å²) in [6.07, 6.45) is 5.34. The lowest BCUT2D eigenvalue weighted by atomic mass is 10.2. The molecule has 0 unspecified atom stereocenters. The first kappa shape index (κ1) is 11.5. The molecule has 1 aromatic heterocycles. The number of aromatic nitrogens is 2. The highest BCUT2D eigenvalue weighted by atomic mass is 16.1. The molecule has 1 aromatic carbocycles. The van der Waals surface area contributed by atoms with Crippen molar-refractivity contribution in [1.29, 1.82) is 0 Å². The summed E-state index contributed by atoms with van der Waals surface area (Å²) in [6.45, 7) is 2.81. The Morgan fingerprint density at radius 1 is 1.24 bits per heavy atom. The van der Waals surface area contributed by atoms with Crippen LogP contribution < -0.4 is 5.32 Å². The number of amides is 1. The fraction of sp³-hybridized carbons (Fsp3) is 0.308. The van der Waals surface area contributed by atoms with Crippen molar-refractivity contribution in [1.82, 2.24) is 15.3 Å². The second kappa shape index (κ2) is 5.39. The molecule has 4 heteroatoms. The smallest absolute Gasteiger partial charge is 0.251 e. The Bertz CT molecular complexity index is 525. The molecule has 2 aromatic rings. The van der Waals surface area contributed by atoms with Crippen LogP contribution in [0.15, 0.2) is 30.6 Å². The van der Waals surface area contributed by atoms with Crippen LogP contribution >= 0.6 is 0 Å². The zero-order valence-corrected chi connectivity index (χ0v) is 9.81. The van der Waals surface area contributed by atoms with E-state index < -0.39 is 0 Å². The minimum Gasteiger partial charge on any atom is -0.352 e. The summed E-state index contributed by atoms with van der Waals surface area (Å²) in [6, 6.07) is 5.36. The molecular weight excluding hydrogens is 214 g/mol. The number of carbonyl (C=O) groups is 1. The quantitative estimate of drug-likeness (QED) is 0.817. The summed E-state index contributed by atoms with van der Waals surface area (Å²) in [5.41, 5.74) is 2.18. The molecule has 88 valence electrons. The van der Waals surface area contributed by atoms with Gasteiger partial charge in [-0.15, -0.1) is 0 Å². The molecule has 0 aliphatic heterocycles. The molecule has 4 nitrogen and oxygen atoms in total. The number of nitrogens with zero attached hydrogens (tertiary/aromatic N) is 2. The van der Waals surface area contributed by atoms with Gasteiger partial charge in [-0.1, -0.05) is 13.3 Å². The van der Waals surface area contributed by atoms with Gasteiger partial charge >= 0.3 is 0 Å². The maximum Gasteiger partial charge on any atom is 0.251 e. The monoisotopic (exact) mass is 229 g/mol. The lowest BCUT2D eigenvalue weighted by Gasteiger charge is -2.04. The van der Waals surface area contributed by atoms with E-state index >= 15 is 0 Å². The molecule has 2 rings (SSSR count). The van der Waals surface area contributed by atoms with Crippen molar-refractivity contribution >= 4 is 16.9 Å². The number of carbonyl (C=O) groups excluding carboxylic acids is 1. The molecule has 0 bridgehead atoms. The molecule has 0 fully saturated rings. The van der Waals surface area contributed by atoms with Crippen molar-refractivity contribution in [2.24, 2.45) is 0 Å². The van der Waals surface area contributed by atoms with Crippen molar-refractivity contribution in [2.75, 3.05) is 6.54 Å². The summed E-state index contributed by atoms with van der Waals surface area (Å²) < 4.78 is 0. The first-order chi connectivity index (χ1) is 8.31. The second-order valence-electron chi connectivity index (χ2n) is 3.87. The van der Waals surface area contributed by atoms with Crippen molar-refractivity contribution in [2.45, 2.75) is 19.8 Å². The number of hydrogen-bond donors (Lipinski definition) is 1. The van der Waals surface area contributed by atoms with Gasteiger partial charge in [0.25, 0.3) is 5.91 Å². The summed E-state index contributed by atoms with van der Waals surface area (Å²) in [7, 11) is 0. The van der Waals surface area contributed by atoms with Gasteiger partial charge in [-0.25, -0.2) is 0 Å². The third-order valence-corrected chi connectivity index (χ3v) is 2.55. The first-order valence-corrected chi connectivity index (χ1v) is 5.80. The zero-order chi connectivity index (χ0) is 12.1. The highest BCUT2D eigenvalue weighted by Crippen LogP contribution is 2.10. The van der Waals surface area contributed by atoms with Crippen molar-refractivity contribution in [3.63, 3.8) is 0 Å². The van der Waals surface area contributed by atoms with Gasteiger partial charge in [0.15, 0.2) is 0 Å². The Kier molecular flexibility index (Phi) is 3.65. The van der Waals surface area contributed by atoms with E-state index in [4.69, 9.17) is 0 Å². The molecule has 0 atom stereocenters. The van der Waals surface area contributed by atoms with Gasteiger partial charge in [0.05, 0.1) is 11.0 Å². The maximum atomic E-state index is 11.8. The van der Waals surface area contributed by atoms with E-state index in [-0.39, 0.29) is 5.91 Å². The van der Waals surface area contributed by atoms with E-state index in [1.807, 2.05) is 6.07 Å². The Morgan fingerprint density at radius 3 is 2.76 bits per heavy atom. The number of unbranched alkanes of at least 4 members (excludes halogenated alkanes) is 1. The highest BCUT2D eigenvalue weighted by molar-refractivity contribution is 5.97. The number of rotatable bonds is 4. The van der Waals surface area contributed by atoms with E-state index in [0.717, 1.165) is 23.9 Å². The fourth-order valence-corrected chi connectivity index (χ4v) is 1.59. The van der Waals surface area contributed by atoms with Gasteiger partial charge in [0.1, 0.15) is 0 Å². The number of nitrogens with one attached hydrogen (secondary N) is 1. The summed E-state index contributed by atoms with van der Waals surface area (Å²) in [4.78, 5) is 20.1. The Hall–Kier alpha value is -1.97. The molecule has 0 spiro atoms. The van der Waals surface area contributed by atoms with Gasteiger partial charge in [-0.05, 0) is 24.6 Å². The lowest BCUT2D eigenvalue weighted by molar-refractivity contribution is 0.0953. The lowest BCUT2D eigenvalue weighted by Crippen LogP contribution is -2.24. The first-order valence-electron chi connectivity index (χ1n) is 5.80. The van der Waals surface area contributed by atoms with E-state index in [2.05, 4.69) is 22.2 Å². The maximum absolute atomic E-state index is 11.8. The van der Waals surface area contributed by atoms with Crippen LogP contribution in [0.5, 0.6) is 0 Å². The number of fused-ring (bicyclic) bond motifs is 1. The molecule has 0 saturated carbocycles. The molecule has 17 heavy (non-hydrogen) atoms. The largest absolute Gasteiger partial charge is 0.352 e. The minimum absolute atomic E-state index is 0.0500. The zero-order valence-electron chi connectivity index (χ0n) is 9.81. The highest BCUT2D eigenvalue weighted by Gasteiger charge is 2.05. The molecule has 0 aliphatic rings. The second-order valence-corrected chi connectivity index (χ2v) is 3.87. The Labute approximate surface area is 100 Å². The molecule has 0 saturated heterocycles. The van der Waals surface area contributed by atoms with Crippen molar-refractivity contribution < 1.29 is 4.79 Å². The molecule has 0 radical (unpaired) electrons. The number of benzene rings is 1. The van der Waals surface area contributed by atoms with Gasteiger partial charge in [0.2, 0.25) is 0 Å². The Morgan fingerprint density at radius 2 is 2.00 bits per heavy atom. The van der Waals surface area contributed by atoms with Gasteiger partial charge in [-0.2, -0.15) is 0 Å². The summed E-state index contributed by atoms with van der Waals surface area (Å²) in [5, 5.41) is 2.88. The summed E-state index contributed by atoms with van der Waals surface area (Å²) in [5.74, 6) is -0.0500. The third-order valence-electron chi connectivity index (χ3n) is 2.55. The third kappa shape index (κ3) is 2.78. The summed E-state index contributed by atoms with van der Waals surface area (Å²) >= 11 is 0. The average Bonchev–Trinajstić information content (AvgIpc) is 2.38. The van der Waals surface area contributed by atoms with Crippen LogP contribution in [0.2, 0.25) is 0 Å². The average molecular weight is 229 g/mol. The Balaban J connectivity index is 2.15. The molecule has 1 heterocycles. The van der Waals surface area contributed by atoms with Crippen LogP contribution in [0, 0.1) is 0 Å². The van der Waals surface area contributed by atoms with E-state index in [1.54, 1.807) is 24.5 Å². The van der Waals surface area contributed by atoms with Gasteiger partial charge < -0.3 is 5.32 Å². The SMILES string of the molecule is CCCCNC(=O)c1ccc2nccnc2c1. The van der Waals surface area contributed by atoms with E-state index in [1.165, 1.54) is 0 Å². The molecule has 1 N–H and O–H groups in total. The topological polar surface area (TPSA) is 54.9 Å². The van der Waals surface area contributed by atoms with Crippen LogP contribution in [-0.2, 0) is 0 Å². The molecular formula is C13H15N3O. The van der Waals surface area contributed by atoms with Crippen LogP contribution in [0.25, 0.3) is 11.0 Å². The fourth-order valence-electron chi connectivity index (χ4n) is 1.59.